The zero-order valence-corrected chi connectivity index (χ0v) is 13.6. The molecule has 4 nitrogen and oxygen atoms in total. The lowest BCUT2D eigenvalue weighted by atomic mass is 9.91. The maximum Gasteiger partial charge on any atom is 0.241 e. The zero-order valence-electron chi connectivity index (χ0n) is 12.8. The fourth-order valence-corrected chi connectivity index (χ4v) is 4.74. The molecule has 0 saturated carbocycles. The van der Waals surface area contributed by atoms with E-state index in [0.717, 1.165) is 18.2 Å². The Hall–Kier alpha value is -1.99. The molecule has 0 radical (unpaired) electrons. The van der Waals surface area contributed by atoms with E-state index in [9.17, 15) is 17.2 Å². The second-order valence-corrected chi connectivity index (χ2v) is 7.65. The molecule has 1 aliphatic heterocycles. The van der Waals surface area contributed by atoms with Gasteiger partial charge in [-0.3, -0.25) is 0 Å². The van der Waals surface area contributed by atoms with Crippen molar-refractivity contribution >= 4 is 10.0 Å². The summed E-state index contributed by atoms with van der Waals surface area (Å²) in [7, 11) is -3.56. The Morgan fingerprint density at radius 3 is 2.30 bits per heavy atom. The minimum Gasteiger partial charge on any atom is -0.457 e. The van der Waals surface area contributed by atoms with Gasteiger partial charge in [0.15, 0.2) is 0 Å². The summed E-state index contributed by atoms with van der Waals surface area (Å²) in [4.78, 5) is 0.192. The van der Waals surface area contributed by atoms with Crippen molar-refractivity contribution in [2.45, 2.75) is 31.2 Å². The molecule has 0 bridgehead atoms. The molecule has 0 atom stereocenters. The topological polar surface area (TPSA) is 55.4 Å². The minimum atomic E-state index is -3.56. The summed E-state index contributed by atoms with van der Waals surface area (Å²) >= 11 is 0. The van der Waals surface area contributed by atoms with Crippen LogP contribution in [0.4, 0.5) is 8.78 Å². The normalized spacial score (nSPS) is 17.8. The number of ether oxygens (including phenoxy) is 1. The molecule has 2 aromatic carbocycles. The Labute approximate surface area is 133 Å². The van der Waals surface area contributed by atoms with E-state index in [1.54, 1.807) is 20.8 Å². The van der Waals surface area contributed by atoms with E-state index >= 15 is 0 Å². The largest absolute Gasteiger partial charge is 0.457 e. The Kier molecular flexibility index (Phi) is 3.46. The number of rotatable bonds is 2. The van der Waals surface area contributed by atoms with Gasteiger partial charge in [0.05, 0.1) is 10.4 Å². The van der Waals surface area contributed by atoms with Crippen LogP contribution in [0.2, 0.25) is 0 Å². The Balaban J connectivity index is 2.10. The van der Waals surface area contributed by atoms with Gasteiger partial charge in [0.1, 0.15) is 23.1 Å². The summed E-state index contributed by atoms with van der Waals surface area (Å²) in [6.07, 6.45) is 0. The van der Waals surface area contributed by atoms with E-state index in [-0.39, 0.29) is 10.6 Å². The van der Waals surface area contributed by atoms with Gasteiger partial charge in [-0.05, 0) is 44.0 Å². The Morgan fingerprint density at radius 1 is 1.09 bits per heavy atom. The van der Waals surface area contributed by atoms with Crippen molar-refractivity contribution in [2.75, 3.05) is 0 Å². The molecule has 2 aromatic rings. The van der Waals surface area contributed by atoms with Crippen LogP contribution < -0.4 is 9.46 Å². The molecule has 7 heteroatoms. The van der Waals surface area contributed by atoms with Crippen LogP contribution in [-0.4, -0.2) is 8.42 Å². The lowest BCUT2D eigenvalue weighted by molar-refractivity contribution is 0.454. The molecule has 0 fully saturated rings. The standard InChI is InChI=1S/C16H15F2NO3S/c1-9-13(22-12-7-10(17)6-11(18)8-12)4-5-14-15(9)16(2,3)19-23(14,20)21/h4-8,19H,1-3H3. The van der Waals surface area contributed by atoms with Crippen molar-refractivity contribution in [3.63, 3.8) is 0 Å². The lowest BCUT2D eigenvalue weighted by Crippen LogP contribution is -2.33. The van der Waals surface area contributed by atoms with Crippen molar-refractivity contribution in [1.29, 1.82) is 0 Å². The van der Waals surface area contributed by atoms with Gasteiger partial charge >= 0.3 is 0 Å². The summed E-state index contributed by atoms with van der Waals surface area (Å²) in [6.45, 7) is 5.21. The number of sulfonamides is 1. The van der Waals surface area contributed by atoms with Gasteiger partial charge in [-0.15, -0.1) is 0 Å². The molecule has 3 rings (SSSR count). The van der Waals surface area contributed by atoms with Crippen LogP contribution >= 0.6 is 0 Å². The van der Waals surface area contributed by atoms with Gasteiger partial charge in [-0.1, -0.05) is 0 Å². The highest BCUT2D eigenvalue weighted by Gasteiger charge is 2.41. The zero-order chi connectivity index (χ0) is 17.0. The van der Waals surface area contributed by atoms with E-state index in [4.69, 9.17) is 4.74 Å². The number of nitrogens with one attached hydrogen (secondary N) is 1. The molecular formula is C16H15F2NO3S. The highest BCUT2D eigenvalue weighted by molar-refractivity contribution is 7.89. The smallest absolute Gasteiger partial charge is 0.241 e. The third-order valence-electron chi connectivity index (χ3n) is 3.74. The second kappa shape index (κ2) is 5.01. The Bertz CT molecular complexity index is 888. The fraction of sp³-hybridized carbons (Fsp3) is 0.250. The Morgan fingerprint density at radius 2 is 1.70 bits per heavy atom. The maximum atomic E-state index is 13.3. The first-order chi connectivity index (χ1) is 10.6. The van der Waals surface area contributed by atoms with Crippen LogP contribution in [0, 0.1) is 18.6 Å². The summed E-state index contributed by atoms with van der Waals surface area (Å²) < 4.78 is 58.9. The van der Waals surface area contributed by atoms with Gasteiger partial charge in [-0.2, -0.15) is 0 Å². The van der Waals surface area contributed by atoms with E-state index in [2.05, 4.69) is 4.72 Å². The van der Waals surface area contributed by atoms with Crippen molar-refractivity contribution in [2.24, 2.45) is 0 Å². The van der Waals surface area contributed by atoms with Crippen LogP contribution in [-0.2, 0) is 15.6 Å². The van der Waals surface area contributed by atoms with Gasteiger partial charge in [-0.25, -0.2) is 21.9 Å². The second-order valence-electron chi connectivity index (χ2n) is 6.00. The average Bonchev–Trinajstić information content (AvgIpc) is 2.56. The molecule has 0 unspecified atom stereocenters. The predicted octanol–water partition coefficient (Wildman–Crippen LogP) is 3.59. The molecule has 122 valence electrons. The summed E-state index contributed by atoms with van der Waals surface area (Å²) in [5, 5.41) is 0. The molecule has 1 heterocycles. The molecule has 1 aliphatic rings. The van der Waals surface area contributed by atoms with Crippen LogP contribution in [0.5, 0.6) is 11.5 Å². The first-order valence-electron chi connectivity index (χ1n) is 6.92. The van der Waals surface area contributed by atoms with Crippen LogP contribution in [0.3, 0.4) is 0 Å². The molecular weight excluding hydrogens is 324 g/mol. The number of fused-ring (bicyclic) bond motifs is 1. The lowest BCUT2D eigenvalue weighted by Gasteiger charge is -2.21. The SMILES string of the molecule is Cc1c(Oc2cc(F)cc(F)c2)ccc2c1C(C)(C)NS2(=O)=O. The van der Waals surface area contributed by atoms with E-state index in [1.165, 1.54) is 12.1 Å². The first-order valence-corrected chi connectivity index (χ1v) is 8.40. The number of benzene rings is 2. The van der Waals surface area contributed by atoms with Gasteiger partial charge < -0.3 is 4.74 Å². The first kappa shape index (κ1) is 15.9. The predicted molar refractivity (Wildman–Crippen MR) is 81.0 cm³/mol. The molecule has 0 amide bonds. The van der Waals surface area contributed by atoms with Gasteiger partial charge in [0.25, 0.3) is 0 Å². The molecule has 0 aliphatic carbocycles. The number of halogens is 2. The monoisotopic (exact) mass is 339 g/mol. The summed E-state index contributed by atoms with van der Waals surface area (Å²) in [6, 6.07) is 5.80. The molecule has 0 saturated heterocycles. The van der Waals surface area contributed by atoms with Crippen molar-refractivity contribution in [1.82, 2.24) is 4.72 Å². The highest BCUT2D eigenvalue weighted by Crippen LogP contribution is 2.41. The average molecular weight is 339 g/mol. The fourth-order valence-electron chi connectivity index (χ4n) is 2.94. The third kappa shape index (κ3) is 2.70. The highest BCUT2D eigenvalue weighted by atomic mass is 32.2. The maximum absolute atomic E-state index is 13.3. The van der Waals surface area contributed by atoms with Gasteiger partial charge in [0.2, 0.25) is 10.0 Å². The van der Waals surface area contributed by atoms with Crippen LogP contribution in [0.15, 0.2) is 35.2 Å². The summed E-state index contributed by atoms with van der Waals surface area (Å²) in [5.41, 5.74) is 0.405. The molecule has 1 N–H and O–H groups in total. The van der Waals surface area contributed by atoms with Crippen molar-refractivity contribution < 1.29 is 21.9 Å². The van der Waals surface area contributed by atoms with E-state index in [0.29, 0.717) is 16.9 Å². The van der Waals surface area contributed by atoms with E-state index in [1.807, 2.05) is 0 Å². The minimum absolute atomic E-state index is 0.0113. The molecule has 0 aromatic heterocycles. The van der Waals surface area contributed by atoms with Crippen molar-refractivity contribution in [3.05, 3.63) is 53.1 Å². The third-order valence-corrected chi connectivity index (χ3v) is 5.44. The number of hydrogen-bond acceptors (Lipinski definition) is 3. The van der Waals surface area contributed by atoms with Gasteiger partial charge in [0, 0.05) is 18.2 Å². The summed E-state index contributed by atoms with van der Waals surface area (Å²) in [5.74, 6) is -1.13. The van der Waals surface area contributed by atoms with Crippen LogP contribution in [0.25, 0.3) is 0 Å². The van der Waals surface area contributed by atoms with E-state index < -0.39 is 27.2 Å². The molecule has 0 spiro atoms. The molecule has 23 heavy (non-hydrogen) atoms. The quantitative estimate of drug-likeness (QED) is 0.910. The van der Waals surface area contributed by atoms with Crippen LogP contribution in [0.1, 0.15) is 25.0 Å². The van der Waals surface area contributed by atoms with Crippen molar-refractivity contribution in [3.8, 4) is 11.5 Å². The number of hydrogen-bond donors (Lipinski definition) is 1.